The number of nitrogens with zero attached hydrogens (tertiary/aromatic N) is 2. The Kier molecular flexibility index (Phi) is 6.39. The number of ether oxygens (including phenoxy) is 2. The molecule has 1 fully saturated rings. The first-order chi connectivity index (χ1) is 17.9. The van der Waals surface area contributed by atoms with E-state index in [1.807, 2.05) is 25.1 Å². The second kappa shape index (κ2) is 9.67. The molecule has 1 aromatic heterocycles. The number of halogens is 1. The highest BCUT2D eigenvalue weighted by Gasteiger charge is 2.48. The SMILES string of the molecule is CCc1ccc2nc(N3C(=O)C(=O)/C(=C(/O)c4ccc(F)cc4)[C@@H]3c3ccc(OC)c(OC)c3)sc2c1. The minimum Gasteiger partial charge on any atom is -0.507 e. The van der Waals surface area contributed by atoms with Gasteiger partial charge in [0, 0.05) is 5.56 Å². The number of thiazole rings is 1. The number of fused-ring (bicyclic) bond motifs is 1. The smallest absolute Gasteiger partial charge is 0.301 e. The summed E-state index contributed by atoms with van der Waals surface area (Å²) in [7, 11) is 2.99. The zero-order valence-corrected chi connectivity index (χ0v) is 21.1. The van der Waals surface area contributed by atoms with Crippen molar-refractivity contribution in [2.24, 2.45) is 0 Å². The Labute approximate surface area is 216 Å². The molecule has 3 aromatic carbocycles. The van der Waals surface area contributed by atoms with Crippen LogP contribution in [-0.4, -0.2) is 36.0 Å². The van der Waals surface area contributed by atoms with Gasteiger partial charge in [0.1, 0.15) is 11.6 Å². The summed E-state index contributed by atoms with van der Waals surface area (Å²) in [4.78, 5) is 32.8. The number of hydrogen-bond acceptors (Lipinski definition) is 7. The highest BCUT2D eigenvalue weighted by molar-refractivity contribution is 7.22. The predicted molar refractivity (Wildman–Crippen MR) is 140 cm³/mol. The molecule has 188 valence electrons. The molecular formula is C28H23FN2O5S. The molecular weight excluding hydrogens is 495 g/mol. The number of Topliss-reactive ketones (excluding diaryl/α,β-unsaturated/α-hetero) is 1. The zero-order valence-electron chi connectivity index (χ0n) is 20.3. The minimum atomic E-state index is -1.00. The number of ketones is 1. The number of aliphatic hydroxyl groups is 1. The van der Waals surface area contributed by atoms with Gasteiger partial charge in [0.25, 0.3) is 5.78 Å². The van der Waals surface area contributed by atoms with Crippen molar-refractivity contribution >= 4 is 44.1 Å². The van der Waals surface area contributed by atoms with Crippen molar-refractivity contribution in [2.75, 3.05) is 19.1 Å². The minimum absolute atomic E-state index is 0.127. The van der Waals surface area contributed by atoms with Gasteiger partial charge in [-0.2, -0.15) is 0 Å². The van der Waals surface area contributed by atoms with Crippen LogP contribution in [0.4, 0.5) is 9.52 Å². The molecule has 4 aromatic rings. The number of carbonyl (C=O) groups excluding carboxylic acids is 2. The lowest BCUT2D eigenvalue weighted by Crippen LogP contribution is -2.29. The number of benzene rings is 3. The molecule has 2 heterocycles. The van der Waals surface area contributed by atoms with Crippen molar-refractivity contribution in [1.29, 1.82) is 0 Å². The van der Waals surface area contributed by atoms with Crippen LogP contribution in [0.1, 0.15) is 29.7 Å². The van der Waals surface area contributed by atoms with Crippen molar-refractivity contribution < 1.29 is 28.6 Å². The third-order valence-corrected chi connectivity index (χ3v) is 7.36. The molecule has 0 bridgehead atoms. The first-order valence-corrected chi connectivity index (χ1v) is 12.4. The molecule has 7 nitrogen and oxygen atoms in total. The molecule has 5 rings (SSSR count). The van der Waals surface area contributed by atoms with E-state index in [0.717, 1.165) is 16.7 Å². The number of aryl methyl sites for hydroxylation is 1. The van der Waals surface area contributed by atoms with E-state index < -0.39 is 29.3 Å². The van der Waals surface area contributed by atoms with E-state index in [1.54, 1.807) is 18.2 Å². The topological polar surface area (TPSA) is 89.0 Å². The maximum Gasteiger partial charge on any atom is 0.301 e. The number of rotatable bonds is 6. The summed E-state index contributed by atoms with van der Waals surface area (Å²) in [5.74, 6) is -1.73. The normalized spacial score (nSPS) is 17.0. The summed E-state index contributed by atoms with van der Waals surface area (Å²) >= 11 is 1.29. The number of methoxy groups -OCH3 is 2. The summed E-state index contributed by atoms with van der Waals surface area (Å²) in [6, 6.07) is 14.9. The van der Waals surface area contributed by atoms with Gasteiger partial charge in [0.15, 0.2) is 16.6 Å². The fourth-order valence-electron chi connectivity index (χ4n) is 4.41. The molecule has 0 unspecified atom stereocenters. The molecule has 37 heavy (non-hydrogen) atoms. The number of anilines is 1. The van der Waals surface area contributed by atoms with E-state index in [2.05, 4.69) is 4.98 Å². The summed E-state index contributed by atoms with van der Waals surface area (Å²) in [5.41, 5.74) is 2.41. The fourth-order valence-corrected chi connectivity index (χ4v) is 5.47. The Bertz CT molecular complexity index is 1560. The molecule has 9 heteroatoms. The third kappa shape index (κ3) is 4.21. The monoisotopic (exact) mass is 518 g/mol. The standard InChI is InChI=1S/C28H23FN2O5S/c1-4-15-5-11-19-22(13-15)37-28(30-19)31-24(17-8-12-20(35-2)21(14-17)36-3)23(26(33)27(31)34)25(32)16-6-9-18(29)10-7-16/h5-14,24,32H,4H2,1-3H3/b25-23+/t24-/m0/s1. The lowest BCUT2D eigenvalue weighted by atomic mass is 9.95. The van der Waals surface area contributed by atoms with Crippen molar-refractivity contribution in [3.05, 3.63) is 88.7 Å². The van der Waals surface area contributed by atoms with Crippen LogP contribution in [0.25, 0.3) is 16.0 Å². The lowest BCUT2D eigenvalue weighted by Gasteiger charge is -2.23. The number of aliphatic hydroxyl groups excluding tert-OH is 1. The molecule has 1 N–H and O–H groups in total. The average molecular weight is 519 g/mol. The molecule has 0 radical (unpaired) electrons. The summed E-state index contributed by atoms with van der Waals surface area (Å²) in [6.07, 6.45) is 0.844. The Morgan fingerprint density at radius 2 is 1.76 bits per heavy atom. The maximum atomic E-state index is 13.5. The predicted octanol–water partition coefficient (Wildman–Crippen LogP) is 5.64. The lowest BCUT2D eigenvalue weighted by molar-refractivity contribution is -0.132. The first kappa shape index (κ1) is 24.5. The number of amides is 1. The van der Waals surface area contributed by atoms with Crippen molar-refractivity contribution in [2.45, 2.75) is 19.4 Å². The van der Waals surface area contributed by atoms with Crippen molar-refractivity contribution in [1.82, 2.24) is 4.98 Å². The second-order valence-electron chi connectivity index (χ2n) is 8.44. The zero-order chi connectivity index (χ0) is 26.3. The van der Waals surface area contributed by atoms with Gasteiger partial charge in [0.2, 0.25) is 0 Å². The molecule has 1 aliphatic heterocycles. The number of aromatic nitrogens is 1. The Morgan fingerprint density at radius 1 is 1.03 bits per heavy atom. The van der Waals surface area contributed by atoms with E-state index in [4.69, 9.17) is 9.47 Å². The van der Waals surface area contributed by atoms with Gasteiger partial charge >= 0.3 is 5.91 Å². The van der Waals surface area contributed by atoms with Crippen molar-refractivity contribution in [3.63, 3.8) is 0 Å². The Hall–Kier alpha value is -4.24. The van der Waals surface area contributed by atoms with Gasteiger partial charge in [-0.3, -0.25) is 14.5 Å². The summed E-state index contributed by atoms with van der Waals surface area (Å²) in [5, 5.41) is 11.5. The molecule has 0 aliphatic carbocycles. The van der Waals surface area contributed by atoms with Gasteiger partial charge in [-0.25, -0.2) is 9.37 Å². The average Bonchev–Trinajstić information content (AvgIpc) is 3.45. The molecule has 1 aliphatic rings. The van der Waals surface area contributed by atoms with Crippen LogP contribution in [0.2, 0.25) is 0 Å². The van der Waals surface area contributed by atoms with Crippen LogP contribution in [0.15, 0.2) is 66.2 Å². The van der Waals surface area contributed by atoms with Gasteiger partial charge in [-0.05, 0) is 66.1 Å². The highest BCUT2D eigenvalue weighted by Crippen LogP contribution is 2.45. The largest absolute Gasteiger partial charge is 0.507 e. The molecule has 1 amide bonds. The van der Waals surface area contributed by atoms with Crippen LogP contribution >= 0.6 is 11.3 Å². The van der Waals surface area contributed by atoms with Crippen LogP contribution in [0.3, 0.4) is 0 Å². The van der Waals surface area contributed by atoms with Gasteiger partial charge in [-0.15, -0.1) is 0 Å². The highest BCUT2D eigenvalue weighted by atomic mass is 32.1. The summed E-state index contributed by atoms with van der Waals surface area (Å²) in [6.45, 7) is 2.05. The van der Waals surface area contributed by atoms with Gasteiger partial charge < -0.3 is 14.6 Å². The van der Waals surface area contributed by atoms with E-state index in [9.17, 15) is 19.1 Å². The van der Waals surface area contributed by atoms with Crippen LogP contribution in [-0.2, 0) is 16.0 Å². The quantitative estimate of drug-likeness (QED) is 0.202. The van der Waals surface area contributed by atoms with Gasteiger partial charge in [0.05, 0.1) is 36.1 Å². The van der Waals surface area contributed by atoms with Gasteiger partial charge in [-0.1, -0.05) is 30.4 Å². The number of carbonyl (C=O) groups is 2. The van der Waals surface area contributed by atoms with E-state index in [0.29, 0.717) is 27.7 Å². The Balaban J connectivity index is 1.73. The van der Waals surface area contributed by atoms with Crippen molar-refractivity contribution in [3.8, 4) is 11.5 Å². The second-order valence-corrected chi connectivity index (χ2v) is 9.45. The number of hydrogen-bond donors (Lipinski definition) is 1. The van der Waals surface area contributed by atoms with Crippen LogP contribution in [0.5, 0.6) is 11.5 Å². The van der Waals surface area contributed by atoms with E-state index >= 15 is 0 Å². The van der Waals surface area contributed by atoms with Crippen LogP contribution in [0, 0.1) is 5.82 Å². The maximum absolute atomic E-state index is 13.5. The fraction of sp³-hybridized carbons (Fsp3) is 0.179. The van der Waals surface area contributed by atoms with E-state index in [1.165, 1.54) is 54.7 Å². The first-order valence-electron chi connectivity index (χ1n) is 11.5. The van der Waals surface area contributed by atoms with E-state index in [-0.39, 0.29) is 11.1 Å². The van der Waals surface area contributed by atoms with Crippen LogP contribution < -0.4 is 14.4 Å². The molecule has 0 spiro atoms. The third-order valence-electron chi connectivity index (χ3n) is 6.34. The molecule has 1 atom stereocenters. The Morgan fingerprint density at radius 3 is 2.43 bits per heavy atom. The molecule has 0 saturated carbocycles. The summed E-state index contributed by atoms with van der Waals surface area (Å²) < 4.78 is 25.2. The molecule has 1 saturated heterocycles.